The summed E-state index contributed by atoms with van der Waals surface area (Å²) in [6.45, 7) is 3.66. The number of pyridine rings is 1. The van der Waals surface area contributed by atoms with Gasteiger partial charge >= 0.3 is 0 Å². The Labute approximate surface area is 97.3 Å². The number of hydrogen-bond acceptors (Lipinski definition) is 2. The summed E-state index contributed by atoms with van der Waals surface area (Å²) in [7, 11) is 1.41. The number of ether oxygens (including phenoxy) is 1. The molecule has 0 aliphatic rings. The molecule has 0 spiro atoms. The van der Waals surface area contributed by atoms with Crippen molar-refractivity contribution in [3.8, 4) is 5.75 Å². The first-order valence-electron chi connectivity index (χ1n) is 4.62. The van der Waals surface area contributed by atoms with Crippen molar-refractivity contribution in [2.24, 2.45) is 0 Å². The topological polar surface area (TPSA) is 22.1 Å². The van der Waals surface area contributed by atoms with Gasteiger partial charge in [-0.05, 0) is 12.1 Å². The highest BCUT2D eigenvalue weighted by Crippen LogP contribution is 2.34. The first-order valence-corrected chi connectivity index (χ1v) is 5.00. The molecule has 0 aliphatic carbocycles. The molecule has 0 radical (unpaired) electrons. The zero-order valence-corrected chi connectivity index (χ0v) is 9.38. The average Bonchev–Trinajstić information content (AvgIpc) is 2.29. The maximum atomic E-state index is 13.5. The van der Waals surface area contributed by atoms with Crippen LogP contribution < -0.4 is 4.74 Å². The lowest BCUT2D eigenvalue weighted by Crippen LogP contribution is -1.93. The van der Waals surface area contributed by atoms with Gasteiger partial charge in [0, 0.05) is 11.8 Å². The lowest BCUT2D eigenvalue weighted by Gasteiger charge is -2.09. The van der Waals surface area contributed by atoms with Crippen molar-refractivity contribution >= 4 is 28.6 Å². The molecule has 16 heavy (non-hydrogen) atoms. The second kappa shape index (κ2) is 4.10. The van der Waals surface area contributed by atoms with Gasteiger partial charge in [0.1, 0.15) is 0 Å². The minimum Gasteiger partial charge on any atom is -0.493 e. The van der Waals surface area contributed by atoms with Crippen LogP contribution in [0.1, 0.15) is 5.56 Å². The average molecular weight is 238 g/mol. The van der Waals surface area contributed by atoms with Crippen molar-refractivity contribution in [1.29, 1.82) is 0 Å². The maximum Gasteiger partial charge on any atom is 0.165 e. The molecule has 0 fully saturated rings. The Kier molecular flexibility index (Phi) is 2.79. The van der Waals surface area contributed by atoms with Crippen LogP contribution in [0.25, 0.3) is 17.0 Å². The quantitative estimate of drug-likeness (QED) is 0.795. The predicted molar refractivity (Wildman–Crippen MR) is 63.4 cm³/mol. The molecule has 0 N–H and O–H groups in total. The van der Waals surface area contributed by atoms with Crippen LogP contribution in [0.2, 0.25) is 5.02 Å². The van der Waals surface area contributed by atoms with E-state index in [2.05, 4.69) is 11.6 Å². The summed E-state index contributed by atoms with van der Waals surface area (Å²) < 4.78 is 18.6. The third-order valence-electron chi connectivity index (χ3n) is 2.34. The summed E-state index contributed by atoms with van der Waals surface area (Å²) in [6.07, 6.45) is 3.08. The number of hydrogen-bond donors (Lipinski definition) is 0. The minimum atomic E-state index is -0.442. The highest BCUT2D eigenvalue weighted by atomic mass is 35.5. The van der Waals surface area contributed by atoms with Crippen molar-refractivity contribution in [1.82, 2.24) is 4.98 Å². The van der Waals surface area contributed by atoms with E-state index in [0.29, 0.717) is 21.5 Å². The van der Waals surface area contributed by atoms with Gasteiger partial charge in [0.2, 0.25) is 0 Å². The Hall–Kier alpha value is -1.61. The standard InChI is InChI=1S/C12H9ClFNO/c1-3-7-8(13)6-15-10-5-4-9(14)12(16-2)11(7)10/h3-6H,1H2,2H3. The molecule has 0 atom stereocenters. The van der Waals surface area contributed by atoms with Crippen LogP contribution in [-0.2, 0) is 0 Å². The molecule has 0 bridgehead atoms. The van der Waals surface area contributed by atoms with Crippen LogP contribution in [0.15, 0.2) is 24.9 Å². The number of rotatable bonds is 2. The molecule has 0 aliphatic heterocycles. The zero-order valence-electron chi connectivity index (χ0n) is 8.63. The smallest absolute Gasteiger partial charge is 0.165 e. The normalized spacial score (nSPS) is 10.4. The highest BCUT2D eigenvalue weighted by Gasteiger charge is 2.13. The van der Waals surface area contributed by atoms with Crippen LogP contribution in [-0.4, -0.2) is 12.1 Å². The molecule has 1 aromatic carbocycles. The van der Waals surface area contributed by atoms with E-state index < -0.39 is 5.82 Å². The first-order chi connectivity index (χ1) is 7.69. The fourth-order valence-electron chi connectivity index (χ4n) is 1.63. The second-order valence-corrected chi connectivity index (χ2v) is 3.61. The van der Waals surface area contributed by atoms with Gasteiger partial charge in [-0.2, -0.15) is 0 Å². The lowest BCUT2D eigenvalue weighted by atomic mass is 10.1. The molecule has 0 saturated heterocycles. The molecule has 2 nitrogen and oxygen atoms in total. The molecule has 1 aromatic heterocycles. The Morgan fingerprint density at radius 3 is 2.88 bits per heavy atom. The molecular formula is C12H9ClFNO. The molecule has 4 heteroatoms. The summed E-state index contributed by atoms with van der Waals surface area (Å²) >= 11 is 5.97. The van der Waals surface area contributed by atoms with Gasteiger partial charge < -0.3 is 4.74 Å². The largest absolute Gasteiger partial charge is 0.493 e. The number of methoxy groups -OCH3 is 1. The van der Waals surface area contributed by atoms with Gasteiger partial charge in [0.05, 0.1) is 23.0 Å². The summed E-state index contributed by atoms with van der Waals surface area (Å²) in [5, 5.41) is 0.969. The summed E-state index contributed by atoms with van der Waals surface area (Å²) in [5.74, 6) is -0.301. The van der Waals surface area contributed by atoms with E-state index in [9.17, 15) is 4.39 Å². The van der Waals surface area contributed by atoms with Gasteiger partial charge in [-0.15, -0.1) is 0 Å². The molecule has 2 rings (SSSR count). The molecule has 0 amide bonds. The fourth-order valence-corrected chi connectivity index (χ4v) is 1.85. The predicted octanol–water partition coefficient (Wildman–Crippen LogP) is 3.68. The molecule has 82 valence electrons. The van der Waals surface area contributed by atoms with Crippen LogP contribution in [0, 0.1) is 5.82 Å². The Morgan fingerprint density at radius 1 is 1.50 bits per heavy atom. The van der Waals surface area contributed by atoms with Gasteiger partial charge in [-0.3, -0.25) is 4.98 Å². The highest BCUT2D eigenvalue weighted by molar-refractivity contribution is 6.33. The minimum absolute atomic E-state index is 0.141. The van der Waals surface area contributed by atoms with E-state index in [1.54, 1.807) is 12.1 Å². The Morgan fingerprint density at radius 2 is 2.25 bits per heavy atom. The van der Waals surface area contributed by atoms with Gasteiger partial charge in [-0.1, -0.05) is 24.3 Å². The van der Waals surface area contributed by atoms with Crippen molar-refractivity contribution < 1.29 is 9.13 Å². The summed E-state index contributed by atoms with van der Waals surface area (Å²) in [6, 6.07) is 2.89. The van der Waals surface area contributed by atoms with E-state index in [4.69, 9.17) is 16.3 Å². The number of fused-ring (bicyclic) bond motifs is 1. The van der Waals surface area contributed by atoms with E-state index >= 15 is 0 Å². The van der Waals surface area contributed by atoms with Crippen molar-refractivity contribution in [3.05, 3.63) is 41.3 Å². The van der Waals surface area contributed by atoms with E-state index in [1.807, 2.05) is 0 Å². The van der Waals surface area contributed by atoms with E-state index in [0.717, 1.165) is 0 Å². The Bertz CT molecular complexity index is 563. The number of benzene rings is 1. The monoisotopic (exact) mass is 237 g/mol. The van der Waals surface area contributed by atoms with Crippen LogP contribution >= 0.6 is 11.6 Å². The van der Waals surface area contributed by atoms with Crippen LogP contribution in [0.3, 0.4) is 0 Å². The third kappa shape index (κ3) is 1.53. The number of halogens is 2. The lowest BCUT2D eigenvalue weighted by molar-refractivity contribution is 0.392. The second-order valence-electron chi connectivity index (χ2n) is 3.20. The van der Waals surface area contributed by atoms with Crippen molar-refractivity contribution in [2.45, 2.75) is 0 Å². The van der Waals surface area contributed by atoms with Gasteiger partial charge in [-0.25, -0.2) is 4.39 Å². The molecule has 1 heterocycles. The fraction of sp³-hybridized carbons (Fsp3) is 0.0833. The zero-order chi connectivity index (χ0) is 11.7. The summed E-state index contributed by atoms with van der Waals surface area (Å²) in [4.78, 5) is 4.11. The van der Waals surface area contributed by atoms with Crippen molar-refractivity contribution in [3.63, 3.8) is 0 Å². The van der Waals surface area contributed by atoms with Gasteiger partial charge in [0.15, 0.2) is 11.6 Å². The molecule has 0 saturated carbocycles. The maximum absolute atomic E-state index is 13.5. The third-order valence-corrected chi connectivity index (χ3v) is 2.64. The van der Waals surface area contributed by atoms with E-state index in [-0.39, 0.29) is 5.75 Å². The number of nitrogens with zero attached hydrogens (tertiary/aromatic N) is 1. The van der Waals surface area contributed by atoms with E-state index in [1.165, 1.54) is 19.4 Å². The summed E-state index contributed by atoms with van der Waals surface area (Å²) in [5.41, 5.74) is 1.25. The molecule has 0 unspecified atom stereocenters. The van der Waals surface area contributed by atoms with Crippen LogP contribution in [0.5, 0.6) is 5.75 Å². The molecule has 2 aromatic rings. The SMILES string of the molecule is C=Cc1c(Cl)cnc2ccc(F)c(OC)c12. The first kappa shape index (κ1) is 10.9. The van der Waals surface area contributed by atoms with Gasteiger partial charge in [0.25, 0.3) is 0 Å². The molecular weight excluding hydrogens is 229 g/mol. The number of aromatic nitrogens is 1. The van der Waals surface area contributed by atoms with Crippen LogP contribution in [0.4, 0.5) is 4.39 Å². The van der Waals surface area contributed by atoms with Crippen molar-refractivity contribution in [2.75, 3.05) is 7.11 Å². The Balaban J connectivity index is 2.98.